The summed E-state index contributed by atoms with van der Waals surface area (Å²) >= 11 is 0.797. The molecule has 0 spiro atoms. The second-order valence-electron chi connectivity index (χ2n) is 5.19. The maximum atomic E-state index is 12.9. The minimum absolute atomic E-state index is 0.0162. The van der Waals surface area contributed by atoms with Crippen LogP contribution in [0.3, 0.4) is 0 Å². The molecule has 0 atom stereocenters. The zero-order chi connectivity index (χ0) is 21.6. The highest BCUT2D eigenvalue weighted by Gasteiger charge is 2.34. The van der Waals surface area contributed by atoms with E-state index in [9.17, 15) is 31.5 Å². The Balaban J connectivity index is 2.17. The number of benzene rings is 1. The second kappa shape index (κ2) is 9.49. The molecule has 1 fully saturated rings. The average molecular weight is 437 g/mol. The van der Waals surface area contributed by atoms with Gasteiger partial charge < -0.3 is 9.47 Å². The van der Waals surface area contributed by atoms with Crippen molar-refractivity contribution in [2.75, 3.05) is 13.7 Å². The van der Waals surface area contributed by atoms with Crippen molar-refractivity contribution in [1.29, 1.82) is 0 Å². The van der Waals surface area contributed by atoms with E-state index >= 15 is 0 Å². The van der Waals surface area contributed by atoms with Gasteiger partial charge in [-0.2, -0.15) is 18.3 Å². The summed E-state index contributed by atoms with van der Waals surface area (Å²) in [6.45, 7) is -1.20. The monoisotopic (exact) mass is 437 g/mol. The SMILES string of the molecule is COC(=O)/C=C1/S/C(=N\N=Cc2ccc(C(F)(F)F)c(OCC(F)F)c2)NC1=O. The number of carbonyl (C=O) groups excluding carboxylic acids is 2. The molecule has 1 saturated heterocycles. The molecular formula is C16H12F5N3O4S. The Hall–Kier alpha value is -2.96. The highest BCUT2D eigenvalue weighted by molar-refractivity contribution is 8.18. The molecule has 0 unspecified atom stereocenters. The maximum Gasteiger partial charge on any atom is 0.419 e. The highest BCUT2D eigenvalue weighted by Crippen LogP contribution is 2.36. The normalized spacial score (nSPS) is 17.4. The van der Waals surface area contributed by atoms with Crippen molar-refractivity contribution in [2.45, 2.75) is 12.6 Å². The van der Waals surface area contributed by atoms with Crippen LogP contribution in [0.25, 0.3) is 0 Å². The van der Waals surface area contributed by atoms with E-state index in [4.69, 9.17) is 0 Å². The van der Waals surface area contributed by atoms with E-state index in [0.717, 1.165) is 43.3 Å². The first kappa shape index (κ1) is 22.3. The fraction of sp³-hybridized carbons (Fsp3) is 0.250. The predicted molar refractivity (Wildman–Crippen MR) is 93.8 cm³/mol. The summed E-state index contributed by atoms with van der Waals surface area (Å²) < 4.78 is 72.3. The lowest BCUT2D eigenvalue weighted by Gasteiger charge is -2.14. The fourth-order valence-electron chi connectivity index (χ4n) is 1.91. The van der Waals surface area contributed by atoms with Crippen LogP contribution in [-0.2, 0) is 20.5 Å². The van der Waals surface area contributed by atoms with Crippen LogP contribution in [0, 0.1) is 0 Å². The Morgan fingerprint density at radius 2 is 2.07 bits per heavy atom. The predicted octanol–water partition coefficient (Wildman–Crippen LogP) is 2.96. The first-order chi connectivity index (χ1) is 13.6. The van der Waals surface area contributed by atoms with Gasteiger partial charge in [0.25, 0.3) is 12.3 Å². The molecule has 1 N–H and O–H groups in total. The Bertz CT molecular complexity index is 884. The van der Waals surface area contributed by atoms with Gasteiger partial charge in [0, 0.05) is 6.08 Å². The summed E-state index contributed by atoms with van der Waals surface area (Å²) in [6, 6.07) is 2.60. The molecule has 156 valence electrons. The molecule has 1 aromatic rings. The van der Waals surface area contributed by atoms with E-state index in [2.05, 4.69) is 25.0 Å². The van der Waals surface area contributed by atoms with Gasteiger partial charge in [-0.3, -0.25) is 10.1 Å². The van der Waals surface area contributed by atoms with E-state index in [1.165, 1.54) is 0 Å². The number of nitrogens with one attached hydrogen (secondary N) is 1. The molecule has 29 heavy (non-hydrogen) atoms. The molecule has 0 aliphatic carbocycles. The van der Waals surface area contributed by atoms with Gasteiger partial charge >= 0.3 is 12.1 Å². The number of halogens is 5. The number of carbonyl (C=O) groups is 2. The average Bonchev–Trinajstić information content (AvgIpc) is 2.98. The maximum absolute atomic E-state index is 12.9. The summed E-state index contributed by atoms with van der Waals surface area (Å²) in [4.78, 5) is 22.8. The summed E-state index contributed by atoms with van der Waals surface area (Å²) in [5, 5.41) is 9.62. The topological polar surface area (TPSA) is 89.3 Å². The van der Waals surface area contributed by atoms with Crippen molar-refractivity contribution >= 4 is 35.0 Å². The zero-order valence-corrected chi connectivity index (χ0v) is 15.3. The summed E-state index contributed by atoms with van der Waals surface area (Å²) in [5.74, 6) is -2.12. The molecule has 0 radical (unpaired) electrons. The van der Waals surface area contributed by atoms with Crippen molar-refractivity contribution in [3.05, 3.63) is 40.3 Å². The first-order valence-corrected chi connectivity index (χ1v) is 8.44. The molecule has 1 aliphatic heterocycles. The number of thioether (sulfide) groups is 1. The van der Waals surface area contributed by atoms with Gasteiger partial charge in [-0.25, -0.2) is 13.6 Å². The minimum Gasteiger partial charge on any atom is -0.487 e. The minimum atomic E-state index is -4.79. The van der Waals surface area contributed by atoms with E-state index in [1.807, 2.05) is 0 Å². The standard InChI is InChI=1S/C16H12F5N3O4S/c1-27-13(25)5-11-14(26)23-15(29-11)24-22-6-8-2-3-9(16(19,20)21)10(4-8)28-7-12(17)18/h2-6,12H,7H2,1H3,(H,23,24,26)/b11-5+,22-6?. The number of amidine groups is 1. The molecule has 0 bridgehead atoms. The number of hydrogen-bond donors (Lipinski definition) is 1. The van der Waals surface area contributed by atoms with Crippen molar-refractivity contribution in [2.24, 2.45) is 10.2 Å². The molecule has 7 nitrogen and oxygen atoms in total. The van der Waals surface area contributed by atoms with Gasteiger partial charge in [-0.05, 0) is 29.5 Å². The first-order valence-electron chi connectivity index (χ1n) is 7.62. The van der Waals surface area contributed by atoms with Crippen LogP contribution in [0.4, 0.5) is 22.0 Å². The van der Waals surface area contributed by atoms with Gasteiger partial charge in [0.15, 0.2) is 5.17 Å². The van der Waals surface area contributed by atoms with Gasteiger partial charge in [0.1, 0.15) is 12.4 Å². The van der Waals surface area contributed by atoms with E-state index < -0.39 is 42.4 Å². The Kier molecular flexibility index (Phi) is 7.31. The summed E-state index contributed by atoms with van der Waals surface area (Å²) in [6.07, 6.45) is -5.75. The lowest BCUT2D eigenvalue weighted by Crippen LogP contribution is -2.19. The zero-order valence-electron chi connectivity index (χ0n) is 14.5. The molecule has 1 heterocycles. The smallest absolute Gasteiger partial charge is 0.419 e. The van der Waals surface area contributed by atoms with Crippen molar-refractivity contribution in [3.8, 4) is 5.75 Å². The molecule has 2 rings (SSSR count). The van der Waals surface area contributed by atoms with E-state index in [1.54, 1.807) is 0 Å². The van der Waals surface area contributed by atoms with Crippen LogP contribution in [0.2, 0.25) is 0 Å². The number of amides is 1. The van der Waals surface area contributed by atoms with Crippen molar-refractivity contribution in [3.63, 3.8) is 0 Å². The molecule has 1 amide bonds. The Morgan fingerprint density at radius 1 is 1.34 bits per heavy atom. The fourth-order valence-corrected chi connectivity index (χ4v) is 2.65. The molecule has 1 aliphatic rings. The van der Waals surface area contributed by atoms with Crippen molar-refractivity contribution in [1.82, 2.24) is 5.32 Å². The number of esters is 1. The van der Waals surface area contributed by atoms with Crippen LogP contribution >= 0.6 is 11.8 Å². The quantitative estimate of drug-likeness (QED) is 0.243. The molecular weight excluding hydrogens is 425 g/mol. The summed E-state index contributed by atoms with van der Waals surface area (Å²) in [5.41, 5.74) is -1.12. The second-order valence-corrected chi connectivity index (χ2v) is 6.22. The van der Waals surface area contributed by atoms with Crippen LogP contribution in [0.5, 0.6) is 5.75 Å². The van der Waals surface area contributed by atoms with Gasteiger partial charge in [0.2, 0.25) is 0 Å². The van der Waals surface area contributed by atoms with Crippen LogP contribution < -0.4 is 10.1 Å². The largest absolute Gasteiger partial charge is 0.487 e. The number of hydrogen-bond acceptors (Lipinski definition) is 7. The van der Waals surface area contributed by atoms with E-state index in [0.29, 0.717) is 6.07 Å². The third kappa shape index (κ3) is 6.55. The van der Waals surface area contributed by atoms with Gasteiger partial charge in [-0.1, -0.05) is 6.07 Å². The van der Waals surface area contributed by atoms with E-state index in [-0.39, 0.29) is 15.6 Å². The number of ether oxygens (including phenoxy) is 2. The van der Waals surface area contributed by atoms with Crippen LogP contribution in [0.15, 0.2) is 39.4 Å². The number of nitrogens with zero attached hydrogens (tertiary/aromatic N) is 2. The summed E-state index contributed by atoms with van der Waals surface area (Å²) in [7, 11) is 1.14. The number of alkyl halides is 5. The Labute approximate surface area is 164 Å². The van der Waals surface area contributed by atoms with Crippen molar-refractivity contribution < 1.29 is 41.0 Å². The molecule has 1 aromatic carbocycles. The number of rotatable bonds is 6. The number of methoxy groups -OCH3 is 1. The van der Waals surface area contributed by atoms with Gasteiger partial charge in [-0.15, -0.1) is 5.10 Å². The third-order valence-corrected chi connectivity index (χ3v) is 4.03. The lowest BCUT2D eigenvalue weighted by atomic mass is 10.1. The third-order valence-electron chi connectivity index (χ3n) is 3.13. The molecule has 0 aromatic heterocycles. The lowest BCUT2D eigenvalue weighted by molar-refractivity contribution is -0.139. The molecule has 13 heteroatoms. The highest BCUT2D eigenvalue weighted by atomic mass is 32.2. The van der Waals surface area contributed by atoms with Gasteiger partial charge in [0.05, 0.1) is 23.8 Å². The molecule has 0 saturated carbocycles. The Morgan fingerprint density at radius 3 is 2.69 bits per heavy atom. The van der Waals surface area contributed by atoms with Crippen LogP contribution in [-0.4, -0.2) is 43.4 Å². The van der Waals surface area contributed by atoms with Crippen LogP contribution in [0.1, 0.15) is 11.1 Å².